The van der Waals surface area contributed by atoms with Crippen molar-refractivity contribution in [3.05, 3.63) is 40.5 Å². The molecule has 3 aromatic rings. The van der Waals surface area contributed by atoms with Crippen LogP contribution in [-0.4, -0.2) is 28.2 Å². The lowest BCUT2D eigenvalue weighted by Crippen LogP contribution is -2.23. The van der Waals surface area contributed by atoms with Gasteiger partial charge >= 0.3 is 0 Å². The summed E-state index contributed by atoms with van der Waals surface area (Å²) in [7, 11) is 0. The van der Waals surface area contributed by atoms with Crippen LogP contribution in [0.15, 0.2) is 28.8 Å². The van der Waals surface area contributed by atoms with E-state index in [1.165, 1.54) is 0 Å². The second-order valence-corrected chi connectivity index (χ2v) is 6.55. The van der Waals surface area contributed by atoms with Gasteiger partial charge < -0.3 is 15.2 Å². The van der Waals surface area contributed by atoms with E-state index in [4.69, 9.17) is 21.9 Å². The van der Waals surface area contributed by atoms with Gasteiger partial charge in [0.05, 0.1) is 10.7 Å². The predicted molar refractivity (Wildman–Crippen MR) is 105 cm³/mol. The number of nitrogen functional groups attached to an aromatic ring is 1. The van der Waals surface area contributed by atoms with E-state index in [0.29, 0.717) is 22.4 Å². The molecular formula is C19H22ClN5O. The van der Waals surface area contributed by atoms with Gasteiger partial charge in [-0.05, 0) is 57.5 Å². The van der Waals surface area contributed by atoms with Crippen LogP contribution in [0.2, 0.25) is 5.02 Å². The number of aromatic nitrogens is 3. The van der Waals surface area contributed by atoms with Crippen molar-refractivity contribution in [1.29, 1.82) is 0 Å². The van der Waals surface area contributed by atoms with Gasteiger partial charge in [0.1, 0.15) is 5.82 Å². The Kier molecular flexibility index (Phi) is 5.13. The zero-order valence-corrected chi connectivity index (χ0v) is 16.1. The standard InChI is InChI=1S/C19H22ClN5O/c1-5-25(6-2)16-10-14(8-12(4)22-16)19-23-18(24-26-19)13-7-11(3)17(21)15(20)9-13/h7-10H,5-6,21H2,1-4H3. The Bertz CT molecular complexity index is 910. The zero-order valence-electron chi connectivity index (χ0n) is 15.4. The second-order valence-electron chi connectivity index (χ2n) is 6.14. The Morgan fingerprint density at radius 2 is 1.77 bits per heavy atom. The molecule has 0 radical (unpaired) electrons. The molecule has 2 N–H and O–H groups in total. The molecule has 6 nitrogen and oxygen atoms in total. The van der Waals surface area contributed by atoms with E-state index in [2.05, 4.69) is 33.9 Å². The lowest BCUT2D eigenvalue weighted by atomic mass is 10.1. The van der Waals surface area contributed by atoms with Crippen molar-refractivity contribution in [3.8, 4) is 22.8 Å². The molecule has 3 rings (SSSR count). The summed E-state index contributed by atoms with van der Waals surface area (Å²) < 4.78 is 5.49. The average molecular weight is 372 g/mol. The predicted octanol–water partition coefficient (Wildman–Crippen LogP) is 4.50. The first-order valence-corrected chi connectivity index (χ1v) is 8.94. The summed E-state index contributed by atoms with van der Waals surface area (Å²) in [5.41, 5.74) is 9.86. The first-order valence-electron chi connectivity index (χ1n) is 8.56. The van der Waals surface area contributed by atoms with Crippen molar-refractivity contribution in [2.45, 2.75) is 27.7 Å². The van der Waals surface area contributed by atoms with Crippen molar-refractivity contribution in [3.63, 3.8) is 0 Å². The number of nitrogens with two attached hydrogens (primary N) is 1. The van der Waals surface area contributed by atoms with Crippen LogP contribution in [0.5, 0.6) is 0 Å². The molecule has 136 valence electrons. The molecule has 0 bridgehead atoms. The molecule has 7 heteroatoms. The molecule has 0 unspecified atom stereocenters. The van der Waals surface area contributed by atoms with Crippen LogP contribution in [0.4, 0.5) is 11.5 Å². The van der Waals surface area contributed by atoms with Crippen molar-refractivity contribution < 1.29 is 4.52 Å². The molecule has 0 amide bonds. The molecule has 0 aliphatic rings. The fourth-order valence-corrected chi connectivity index (χ4v) is 3.09. The van der Waals surface area contributed by atoms with Crippen LogP contribution in [0.25, 0.3) is 22.8 Å². The highest BCUT2D eigenvalue weighted by Crippen LogP contribution is 2.30. The molecule has 0 fully saturated rings. The fourth-order valence-electron chi connectivity index (χ4n) is 2.83. The maximum absolute atomic E-state index is 6.18. The van der Waals surface area contributed by atoms with E-state index in [1.54, 1.807) is 6.07 Å². The third kappa shape index (κ3) is 3.51. The van der Waals surface area contributed by atoms with Gasteiger partial charge in [-0.15, -0.1) is 0 Å². The Labute approximate surface area is 158 Å². The van der Waals surface area contributed by atoms with E-state index in [1.807, 2.05) is 32.0 Å². The van der Waals surface area contributed by atoms with Gasteiger partial charge in [0, 0.05) is 29.9 Å². The topological polar surface area (TPSA) is 81.1 Å². The monoisotopic (exact) mass is 371 g/mol. The van der Waals surface area contributed by atoms with Crippen molar-refractivity contribution >= 4 is 23.1 Å². The van der Waals surface area contributed by atoms with Crippen LogP contribution in [0.1, 0.15) is 25.1 Å². The summed E-state index contributed by atoms with van der Waals surface area (Å²) in [5.74, 6) is 1.82. The zero-order chi connectivity index (χ0) is 18.8. The molecule has 0 atom stereocenters. The fraction of sp³-hybridized carbons (Fsp3) is 0.316. The van der Waals surface area contributed by atoms with Crippen LogP contribution >= 0.6 is 11.6 Å². The molecule has 2 aromatic heterocycles. The summed E-state index contributed by atoms with van der Waals surface area (Å²) >= 11 is 6.18. The quantitative estimate of drug-likeness (QED) is 0.665. The summed E-state index contributed by atoms with van der Waals surface area (Å²) in [6.07, 6.45) is 0. The van der Waals surface area contributed by atoms with Gasteiger partial charge in [0.25, 0.3) is 5.89 Å². The van der Waals surface area contributed by atoms with Crippen LogP contribution in [0.3, 0.4) is 0 Å². The number of nitrogens with zero attached hydrogens (tertiary/aromatic N) is 4. The van der Waals surface area contributed by atoms with Gasteiger partial charge in [-0.25, -0.2) is 4.98 Å². The van der Waals surface area contributed by atoms with Gasteiger partial charge in [-0.2, -0.15) is 4.98 Å². The minimum Gasteiger partial charge on any atom is -0.397 e. The lowest BCUT2D eigenvalue weighted by Gasteiger charge is -2.20. The van der Waals surface area contributed by atoms with Crippen LogP contribution in [0, 0.1) is 13.8 Å². The molecule has 0 aliphatic heterocycles. The number of aryl methyl sites for hydroxylation is 2. The van der Waals surface area contributed by atoms with E-state index >= 15 is 0 Å². The second kappa shape index (κ2) is 7.33. The minimum absolute atomic E-state index is 0.449. The van der Waals surface area contributed by atoms with E-state index in [9.17, 15) is 0 Å². The lowest BCUT2D eigenvalue weighted by molar-refractivity contribution is 0.432. The maximum Gasteiger partial charge on any atom is 0.258 e. The normalized spacial score (nSPS) is 11.0. The Hall–Kier alpha value is -2.60. The third-order valence-electron chi connectivity index (χ3n) is 4.29. The third-order valence-corrected chi connectivity index (χ3v) is 4.61. The number of rotatable bonds is 5. The molecular weight excluding hydrogens is 350 g/mol. The number of benzene rings is 1. The molecule has 26 heavy (non-hydrogen) atoms. The maximum atomic E-state index is 6.18. The number of anilines is 2. The number of hydrogen-bond donors (Lipinski definition) is 1. The van der Waals surface area contributed by atoms with Gasteiger partial charge in [0.15, 0.2) is 0 Å². The Balaban J connectivity index is 2.00. The first kappa shape index (κ1) is 18.2. The first-order chi connectivity index (χ1) is 12.4. The molecule has 0 saturated carbocycles. The van der Waals surface area contributed by atoms with Crippen molar-refractivity contribution in [2.75, 3.05) is 23.7 Å². The SMILES string of the molecule is CCN(CC)c1cc(-c2nc(-c3cc(C)c(N)c(Cl)c3)no2)cc(C)n1. The summed E-state index contributed by atoms with van der Waals surface area (Å²) in [4.78, 5) is 11.3. The highest BCUT2D eigenvalue weighted by molar-refractivity contribution is 6.33. The number of halogens is 1. The van der Waals surface area contributed by atoms with Crippen molar-refractivity contribution in [2.24, 2.45) is 0 Å². The smallest absolute Gasteiger partial charge is 0.258 e. The van der Waals surface area contributed by atoms with Gasteiger partial charge in [0.2, 0.25) is 5.82 Å². The van der Waals surface area contributed by atoms with Crippen molar-refractivity contribution in [1.82, 2.24) is 15.1 Å². The van der Waals surface area contributed by atoms with Crippen LogP contribution in [-0.2, 0) is 0 Å². The molecule has 1 aromatic carbocycles. The Morgan fingerprint density at radius 1 is 1.04 bits per heavy atom. The summed E-state index contributed by atoms with van der Waals surface area (Å²) in [6, 6.07) is 7.55. The Morgan fingerprint density at radius 3 is 2.42 bits per heavy atom. The highest BCUT2D eigenvalue weighted by Gasteiger charge is 2.15. The largest absolute Gasteiger partial charge is 0.397 e. The van der Waals surface area contributed by atoms with E-state index < -0.39 is 0 Å². The van der Waals surface area contributed by atoms with Crippen LogP contribution < -0.4 is 10.6 Å². The molecule has 0 saturated heterocycles. The number of hydrogen-bond acceptors (Lipinski definition) is 6. The van der Waals surface area contributed by atoms with E-state index in [-0.39, 0.29) is 0 Å². The molecule has 0 aliphatic carbocycles. The molecule has 2 heterocycles. The van der Waals surface area contributed by atoms with Gasteiger partial charge in [-0.3, -0.25) is 0 Å². The minimum atomic E-state index is 0.449. The highest BCUT2D eigenvalue weighted by atomic mass is 35.5. The summed E-state index contributed by atoms with van der Waals surface area (Å²) in [5, 5.41) is 4.58. The van der Waals surface area contributed by atoms with E-state index in [0.717, 1.165) is 41.3 Å². The summed E-state index contributed by atoms with van der Waals surface area (Å²) in [6.45, 7) is 9.82. The number of pyridine rings is 1. The average Bonchev–Trinajstić information content (AvgIpc) is 3.10. The van der Waals surface area contributed by atoms with Gasteiger partial charge in [-0.1, -0.05) is 16.8 Å². The molecule has 0 spiro atoms.